The summed E-state index contributed by atoms with van der Waals surface area (Å²) in [6.45, 7) is 5.55. The summed E-state index contributed by atoms with van der Waals surface area (Å²) in [5, 5.41) is 23.6. The number of H-pyrrole nitrogens is 1. The molecule has 2 atom stereocenters. The Balaban J connectivity index is 1.69. The molecule has 2 aromatic heterocycles. The predicted molar refractivity (Wildman–Crippen MR) is 134 cm³/mol. The molecule has 4 aromatic rings. The van der Waals surface area contributed by atoms with Crippen LogP contribution in [0.2, 0.25) is 0 Å². The molecule has 188 valence electrons. The fraction of sp³-hybridized carbons (Fsp3) is 0.296. The monoisotopic (exact) mass is 491 g/mol. The van der Waals surface area contributed by atoms with Crippen molar-refractivity contribution in [3.63, 3.8) is 0 Å². The summed E-state index contributed by atoms with van der Waals surface area (Å²) in [4.78, 5) is 33.6. The zero-order valence-electron chi connectivity index (χ0n) is 20.5. The first kappa shape index (κ1) is 24.8. The van der Waals surface area contributed by atoms with Crippen molar-refractivity contribution in [3.05, 3.63) is 81.7 Å². The van der Waals surface area contributed by atoms with Gasteiger partial charge in [-0.05, 0) is 42.7 Å². The highest BCUT2D eigenvalue weighted by molar-refractivity contribution is 5.79. The highest BCUT2D eigenvalue weighted by Gasteiger charge is 2.29. The van der Waals surface area contributed by atoms with Crippen LogP contribution in [0.25, 0.3) is 11.0 Å². The third-order valence-corrected chi connectivity index (χ3v) is 6.07. The Kier molecular flexibility index (Phi) is 7.00. The van der Waals surface area contributed by atoms with E-state index in [4.69, 9.17) is 9.15 Å². The van der Waals surface area contributed by atoms with Gasteiger partial charge >= 0.3 is 0 Å². The van der Waals surface area contributed by atoms with Crippen LogP contribution in [0.5, 0.6) is 17.2 Å². The molecule has 0 aliphatic heterocycles. The number of methoxy groups -OCH3 is 1. The van der Waals surface area contributed by atoms with E-state index in [1.54, 1.807) is 19.1 Å². The molecule has 0 bridgehead atoms. The lowest BCUT2D eigenvalue weighted by Gasteiger charge is -2.23. The van der Waals surface area contributed by atoms with E-state index in [-0.39, 0.29) is 35.5 Å². The van der Waals surface area contributed by atoms with Crippen LogP contribution < -0.4 is 15.5 Å². The molecule has 0 aliphatic rings. The van der Waals surface area contributed by atoms with E-state index in [9.17, 15) is 19.8 Å². The second-order valence-corrected chi connectivity index (χ2v) is 9.05. The number of fused-ring (bicyclic) bond motifs is 1. The van der Waals surface area contributed by atoms with Crippen molar-refractivity contribution in [2.75, 3.05) is 7.11 Å². The molecule has 0 radical (unpaired) electrons. The summed E-state index contributed by atoms with van der Waals surface area (Å²) in [7, 11) is 1.41. The van der Waals surface area contributed by atoms with Crippen molar-refractivity contribution in [1.82, 2.24) is 15.3 Å². The summed E-state index contributed by atoms with van der Waals surface area (Å²) in [5.41, 5.74) is 1.58. The number of aryl methyl sites for hydroxylation is 1. The topological polar surface area (TPSA) is 138 Å². The zero-order valence-corrected chi connectivity index (χ0v) is 20.5. The molecule has 0 spiro atoms. The SMILES string of the molecule is COc1cc([C@H](CC(=O)N[C@H](c2nc3ccccc3[nH]2)C(C)C)c2oc(C)cc(=O)c2O)ccc1O. The molecule has 36 heavy (non-hydrogen) atoms. The van der Waals surface area contributed by atoms with Crippen LogP contribution in [0, 0.1) is 12.8 Å². The standard InChI is InChI=1S/C27H29N3O6/c1-14(2)24(27-28-18-7-5-6-8-19(18)29-27)30-23(33)13-17(16-9-10-20(31)22(12-16)35-4)26-25(34)21(32)11-15(3)36-26/h5-12,14,17,24,31,34H,13H2,1-4H3,(H,28,29)(H,30,33)/t17-,24-/m0/s1. The number of imidazole rings is 1. The van der Waals surface area contributed by atoms with Gasteiger partial charge in [0.1, 0.15) is 11.6 Å². The molecule has 1 amide bonds. The Morgan fingerprint density at radius 3 is 2.61 bits per heavy atom. The van der Waals surface area contributed by atoms with Gasteiger partial charge < -0.3 is 29.7 Å². The molecular formula is C27H29N3O6. The lowest BCUT2D eigenvalue weighted by Crippen LogP contribution is -2.33. The van der Waals surface area contributed by atoms with Crippen LogP contribution in [0.4, 0.5) is 0 Å². The van der Waals surface area contributed by atoms with Crippen molar-refractivity contribution in [1.29, 1.82) is 0 Å². The van der Waals surface area contributed by atoms with Gasteiger partial charge in [0.2, 0.25) is 17.1 Å². The smallest absolute Gasteiger partial charge is 0.227 e. The van der Waals surface area contributed by atoms with Gasteiger partial charge in [0.15, 0.2) is 17.3 Å². The van der Waals surface area contributed by atoms with E-state index in [0.717, 1.165) is 11.0 Å². The second-order valence-electron chi connectivity index (χ2n) is 9.05. The lowest BCUT2D eigenvalue weighted by atomic mass is 9.91. The minimum atomic E-state index is -0.824. The molecule has 4 rings (SSSR count). The Bertz CT molecular complexity index is 1420. The minimum absolute atomic E-state index is 0.0204. The van der Waals surface area contributed by atoms with Gasteiger partial charge in [0, 0.05) is 12.5 Å². The van der Waals surface area contributed by atoms with E-state index in [0.29, 0.717) is 17.1 Å². The number of carbonyl (C=O) groups excluding carboxylic acids is 1. The first-order valence-electron chi connectivity index (χ1n) is 11.6. The van der Waals surface area contributed by atoms with Gasteiger partial charge in [-0.15, -0.1) is 0 Å². The summed E-state index contributed by atoms with van der Waals surface area (Å²) in [6.07, 6.45) is -0.142. The second kappa shape index (κ2) is 10.2. The fourth-order valence-electron chi connectivity index (χ4n) is 4.22. The average molecular weight is 492 g/mol. The van der Waals surface area contributed by atoms with Crippen molar-refractivity contribution >= 4 is 16.9 Å². The van der Waals surface area contributed by atoms with Gasteiger partial charge in [-0.3, -0.25) is 9.59 Å². The van der Waals surface area contributed by atoms with Gasteiger partial charge in [0.05, 0.1) is 30.1 Å². The van der Waals surface area contributed by atoms with Gasteiger partial charge in [-0.25, -0.2) is 4.98 Å². The average Bonchev–Trinajstić information content (AvgIpc) is 3.27. The molecule has 0 saturated heterocycles. The van der Waals surface area contributed by atoms with Crippen LogP contribution in [-0.4, -0.2) is 33.2 Å². The van der Waals surface area contributed by atoms with Crippen LogP contribution >= 0.6 is 0 Å². The number of hydrogen-bond donors (Lipinski definition) is 4. The molecule has 0 saturated carbocycles. The molecule has 0 unspecified atom stereocenters. The number of nitrogens with one attached hydrogen (secondary N) is 2. The highest BCUT2D eigenvalue weighted by atomic mass is 16.5. The maximum absolute atomic E-state index is 13.4. The molecular weight excluding hydrogens is 462 g/mol. The van der Waals surface area contributed by atoms with E-state index in [1.807, 2.05) is 38.1 Å². The molecule has 2 aromatic carbocycles. The van der Waals surface area contributed by atoms with E-state index < -0.39 is 23.1 Å². The summed E-state index contributed by atoms with van der Waals surface area (Å²) in [5.74, 6) is -0.703. The number of para-hydroxylation sites is 2. The number of phenolic OH excluding ortho intramolecular Hbond substituents is 1. The third kappa shape index (κ3) is 5.05. The predicted octanol–water partition coefficient (Wildman–Crippen LogP) is 4.28. The first-order valence-corrected chi connectivity index (χ1v) is 11.6. The van der Waals surface area contributed by atoms with Crippen LogP contribution in [-0.2, 0) is 4.79 Å². The number of ether oxygens (including phenoxy) is 1. The molecule has 9 nitrogen and oxygen atoms in total. The highest BCUT2D eigenvalue weighted by Crippen LogP contribution is 2.37. The Hall–Kier alpha value is -4.27. The van der Waals surface area contributed by atoms with Crippen LogP contribution in [0.3, 0.4) is 0 Å². The Labute approximate surface area is 207 Å². The van der Waals surface area contributed by atoms with Crippen LogP contribution in [0.15, 0.2) is 57.7 Å². The quantitative estimate of drug-likeness (QED) is 0.289. The molecule has 9 heteroatoms. The Morgan fingerprint density at radius 1 is 1.17 bits per heavy atom. The van der Waals surface area contributed by atoms with Crippen LogP contribution in [0.1, 0.15) is 55.1 Å². The lowest BCUT2D eigenvalue weighted by molar-refractivity contribution is -0.122. The maximum Gasteiger partial charge on any atom is 0.227 e. The zero-order chi connectivity index (χ0) is 26.0. The molecule has 0 aliphatic carbocycles. The molecule has 4 N–H and O–H groups in total. The van der Waals surface area contributed by atoms with Crippen molar-refractivity contribution in [2.45, 2.75) is 39.2 Å². The molecule has 0 fully saturated rings. The van der Waals surface area contributed by atoms with Crippen molar-refractivity contribution < 1.29 is 24.2 Å². The van der Waals surface area contributed by atoms with Gasteiger partial charge in [-0.1, -0.05) is 32.0 Å². The summed E-state index contributed by atoms with van der Waals surface area (Å²) < 4.78 is 11.0. The number of nitrogens with zero attached hydrogens (tertiary/aromatic N) is 1. The largest absolute Gasteiger partial charge is 0.504 e. The van der Waals surface area contributed by atoms with Crippen molar-refractivity contribution in [2.24, 2.45) is 5.92 Å². The minimum Gasteiger partial charge on any atom is -0.504 e. The number of rotatable bonds is 8. The summed E-state index contributed by atoms with van der Waals surface area (Å²) in [6, 6.07) is 13.0. The van der Waals surface area contributed by atoms with E-state index >= 15 is 0 Å². The summed E-state index contributed by atoms with van der Waals surface area (Å²) >= 11 is 0. The van der Waals surface area contributed by atoms with E-state index in [2.05, 4.69) is 15.3 Å². The fourth-order valence-corrected chi connectivity index (χ4v) is 4.22. The van der Waals surface area contributed by atoms with E-state index in [1.165, 1.54) is 19.2 Å². The van der Waals surface area contributed by atoms with Gasteiger partial charge in [0.25, 0.3) is 0 Å². The number of phenols is 1. The Morgan fingerprint density at radius 2 is 1.92 bits per heavy atom. The number of hydrogen-bond acceptors (Lipinski definition) is 7. The van der Waals surface area contributed by atoms with Crippen molar-refractivity contribution in [3.8, 4) is 17.2 Å². The number of aromatic amines is 1. The number of aromatic nitrogens is 2. The number of carbonyl (C=O) groups is 1. The number of amides is 1. The third-order valence-electron chi connectivity index (χ3n) is 6.07. The number of benzene rings is 2. The maximum atomic E-state index is 13.4. The normalized spacial score (nSPS) is 13.0. The number of aromatic hydroxyl groups is 2. The van der Waals surface area contributed by atoms with Gasteiger partial charge in [-0.2, -0.15) is 0 Å². The first-order chi connectivity index (χ1) is 17.2. The molecule has 2 heterocycles.